The number of nitriles is 1. The molecule has 0 aromatic heterocycles. The quantitative estimate of drug-likeness (QED) is 0.722. The molecular formula is C12H14N2. The summed E-state index contributed by atoms with van der Waals surface area (Å²) < 4.78 is 0. The van der Waals surface area contributed by atoms with Crippen molar-refractivity contribution in [3.8, 4) is 6.07 Å². The first-order chi connectivity index (χ1) is 6.70. The average molecular weight is 186 g/mol. The number of rotatable bonds is 2. The molecule has 1 aromatic carbocycles. The van der Waals surface area contributed by atoms with Crippen molar-refractivity contribution in [3.63, 3.8) is 0 Å². The monoisotopic (exact) mass is 186 g/mol. The Morgan fingerprint density at radius 2 is 2.07 bits per heavy atom. The molecule has 14 heavy (non-hydrogen) atoms. The molecule has 1 rings (SSSR count). The third-order valence-corrected chi connectivity index (χ3v) is 2.25. The standard InChI is InChI=1S/C12H14N2/c1-3-10(8-13)12(14)11-7-5-4-6-9(11)2/h4-7H,3,14H2,1-2H3/b12-10-. The molecule has 0 aliphatic heterocycles. The second-order valence-electron chi connectivity index (χ2n) is 3.17. The van der Waals surface area contributed by atoms with Gasteiger partial charge in [0.25, 0.3) is 0 Å². The van der Waals surface area contributed by atoms with Crippen LogP contribution in [-0.2, 0) is 0 Å². The summed E-state index contributed by atoms with van der Waals surface area (Å²) in [4.78, 5) is 0. The van der Waals surface area contributed by atoms with Crippen molar-refractivity contribution in [1.29, 1.82) is 5.26 Å². The van der Waals surface area contributed by atoms with Gasteiger partial charge in [0, 0.05) is 5.56 Å². The van der Waals surface area contributed by atoms with Crippen LogP contribution in [-0.4, -0.2) is 0 Å². The van der Waals surface area contributed by atoms with Gasteiger partial charge in [0.15, 0.2) is 0 Å². The van der Waals surface area contributed by atoms with Gasteiger partial charge in [-0.1, -0.05) is 31.2 Å². The summed E-state index contributed by atoms with van der Waals surface area (Å²) in [5.74, 6) is 0. The molecule has 0 atom stereocenters. The maximum Gasteiger partial charge on any atom is 0.0968 e. The molecule has 0 heterocycles. The van der Waals surface area contributed by atoms with E-state index in [9.17, 15) is 0 Å². The number of benzene rings is 1. The predicted octanol–water partition coefficient (Wildman–Crippen LogP) is 2.60. The molecule has 0 fully saturated rings. The van der Waals surface area contributed by atoms with Gasteiger partial charge in [0.1, 0.15) is 0 Å². The van der Waals surface area contributed by atoms with Gasteiger partial charge in [-0.2, -0.15) is 5.26 Å². The van der Waals surface area contributed by atoms with Crippen molar-refractivity contribution in [2.24, 2.45) is 5.73 Å². The van der Waals surface area contributed by atoms with E-state index >= 15 is 0 Å². The molecule has 72 valence electrons. The first-order valence-corrected chi connectivity index (χ1v) is 4.65. The van der Waals surface area contributed by atoms with Crippen LogP contribution < -0.4 is 5.73 Å². The smallest absolute Gasteiger partial charge is 0.0968 e. The Hall–Kier alpha value is -1.75. The van der Waals surface area contributed by atoms with Crippen molar-refractivity contribution in [2.45, 2.75) is 20.3 Å². The van der Waals surface area contributed by atoms with E-state index in [1.807, 2.05) is 38.1 Å². The number of allylic oxidation sites excluding steroid dienone is 1. The van der Waals surface area contributed by atoms with Gasteiger partial charge in [-0.25, -0.2) is 0 Å². The van der Waals surface area contributed by atoms with Crippen molar-refractivity contribution >= 4 is 5.70 Å². The second-order valence-corrected chi connectivity index (χ2v) is 3.17. The molecule has 0 saturated carbocycles. The molecule has 0 spiro atoms. The Bertz CT molecular complexity index is 397. The van der Waals surface area contributed by atoms with Crippen molar-refractivity contribution in [3.05, 3.63) is 41.0 Å². The van der Waals surface area contributed by atoms with Crippen LogP contribution in [0.3, 0.4) is 0 Å². The summed E-state index contributed by atoms with van der Waals surface area (Å²) in [6.45, 7) is 3.93. The maximum atomic E-state index is 8.86. The Kier molecular flexibility index (Phi) is 3.30. The van der Waals surface area contributed by atoms with Gasteiger partial charge in [-0.05, 0) is 18.9 Å². The Morgan fingerprint density at radius 3 is 2.57 bits per heavy atom. The molecule has 0 saturated heterocycles. The maximum absolute atomic E-state index is 8.86. The highest BCUT2D eigenvalue weighted by molar-refractivity contribution is 5.71. The first-order valence-electron chi connectivity index (χ1n) is 4.65. The van der Waals surface area contributed by atoms with E-state index in [0.29, 0.717) is 17.7 Å². The fraction of sp³-hybridized carbons (Fsp3) is 0.250. The van der Waals surface area contributed by atoms with Crippen molar-refractivity contribution in [1.82, 2.24) is 0 Å². The number of nitrogens with zero attached hydrogens (tertiary/aromatic N) is 1. The molecule has 0 radical (unpaired) electrons. The number of aryl methyl sites for hydroxylation is 1. The number of nitrogens with two attached hydrogens (primary N) is 1. The summed E-state index contributed by atoms with van der Waals surface area (Å²) in [6.07, 6.45) is 0.677. The predicted molar refractivity (Wildman–Crippen MR) is 58.2 cm³/mol. The summed E-state index contributed by atoms with van der Waals surface area (Å²) in [5.41, 5.74) is 9.24. The molecular weight excluding hydrogens is 172 g/mol. The van der Waals surface area contributed by atoms with E-state index < -0.39 is 0 Å². The fourth-order valence-corrected chi connectivity index (χ4v) is 1.37. The van der Waals surface area contributed by atoms with E-state index in [4.69, 9.17) is 11.0 Å². The molecule has 0 aliphatic rings. The number of hydrogen-bond donors (Lipinski definition) is 1. The number of hydrogen-bond acceptors (Lipinski definition) is 2. The van der Waals surface area contributed by atoms with E-state index in [0.717, 1.165) is 11.1 Å². The van der Waals surface area contributed by atoms with Crippen LogP contribution >= 0.6 is 0 Å². The van der Waals surface area contributed by atoms with Crippen LogP contribution in [0.4, 0.5) is 0 Å². The molecule has 0 aliphatic carbocycles. The Balaban J connectivity index is 3.25. The van der Waals surface area contributed by atoms with E-state index in [-0.39, 0.29) is 0 Å². The largest absolute Gasteiger partial charge is 0.397 e. The fourth-order valence-electron chi connectivity index (χ4n) is 1.37. The zero-order valence-corrected chi connectivity index (χ0v) is 8.54. The van der Waals surface area contributed by atoms with Gasteiger partial charge in [0.05, 0.1) is 17.3 Å². The minimum atomic E-state index is 0.605. The highest BCUT2D eigenvalue weighted by Gasteiger charge is 2.05. The topological polar surface area (TPSA) is 49.8 Å². The lowest BCUT2D eigenvalue weighted by molar-refractivity contribution is 1.14. The molecule has 0 amide bonds. The molecule has 2 N–H and O–H groups in total. The summed E-state index contributed by atoms with van der Waals surface area (Å²) in [7, 11) is 0. The molecule has 2 nitrogen and oxygen atoms in total. The van der Waals surface area contributed by atoms with Crippen molar-refractivity contribution in [2.75, 3.05) is 0 Å². The lowest BCUT2D eigenvalue weighted by atomic mass is 10.0. The zero-order valence-electron chi connectivity index (χ0n) is 8.54. The van der Waals surface area contributed by atoms with Crippen LogP contribution in [0.1, 0.15) is 24.5 Å². The summed E-state index contributed by atoms with van der Waals surface area (Å²) in [5, 5.41) is 8.86. The van der Waals surface area contributed by atoms with Crippen LogP contribution in [0.25, 0.3) is 5.70 Å². The van der Waals surface area contributed by atoms with Gasteiger partial charge >= 0.3 is 0 Å². The Morgan fingerprint density at radius 1 is 1.43 bits per heavy atom. The Labute approximate surface area is 84.7 Å². The summed E-state index contributed by atoms with van der Waals surface area (Å²) in [6, 6.07) is 9.96. The molecule has 1 aromatic rings. The van der Waals surface area contributed by atoms with Gasteiger partial charge in [-0.15, -0.1) is 0 Å². The van der Waals surface area contributed by atoms with Gasteiger partial charge in [0.2, 0.25) is 0 Å². The van der Waals surface area contributed by atoms with Crippen LogP contribution in [0.2, 0.25) is 0 Å². The zero-order chi connectivity index (χ0) is 10.6. The molecule has 0 bridgehead atoms. The lowest BCUT2D eigenvalue weighted by Crippen LogP contribution is -2.02. The SMILES string of the molecule is CC/C(C#N)=C(/N)c1ccccc1C. The highest BCUT2D eigenvalue weighted by Crippen LogP contribution is 2.18. The van der Waals surface area contributed by atoms with E-state index in [1.54, 1.807) is 0 Å². The van der Waals surface area contributed by atoms with Crippen LogP contribution in [0.15, 0.2) is 29.8 Å². The third-order valence-electron chi connectivity index (χ3n) is 2.25. The van der Waals surface area contributed by atoms with Crippen molar-refractivity contribution < 1.29 is 0 Å². The lowest BCUT2D eigenvalue weighted by Gasteiger charge is -2.07. The minimum Gasteiger partial charge on any atom is -0.397 e. The minimum absolute atomic E-state index is 0.605. The molecule has 2 heteroatoms. The van der Waals surface area contributed by atoms with E-state index in [1.165, 1.54) is 0 Å². The summed E-state index contributed by atoms with van der Waals surface area (Å²) >= 11 is 0. The average Bonchev–Trinajstić information content (AvgIpc) is 2.20. The molecule has 0 unspecified atom stereocenters. The van der Waals surface area contributed by atoms with Gasteiger partial charge < -0.3 is 5.73 Å². The van der Waals surface area contributed by atoms with E-state index in [2.05, 4.69) is 6.07 Å². The first kappa shape index (κ1) is 10.3. The normalized spacial score (nSPS) is 11.8. The van der Waals surface area contributed by atoms with Crippen LogP contribution in [0, 0.1) is 18.3 Å². The second kappa shape index (κ2) is 4.48. The third kappa shape index (κ3) is 1.94. The van der Waals surface area contributed by atoms with Crippen LogP contribution in [0.5, 0.6) is 0 Å². The van der Waals surface area contributed by atoms with Gasteiger partial charge in [-0.3, -0.25) is 0 Å². The highest BCUT2D eigenvalue weighted by atomic mass is 14.6.